The second-order valence-electron chi connectivity index (χ2n) is 7.26. The standard InChI is InChI=1S/C21H20N2O5/c1-21(20(27)28-2)16-15(17(22-21)12-8-10-14(24)11-9-12)18(25)23(19(16)26)13-6-4-3-5-7-13/h3-11,15-17,22,24H,1-2H3/t15?,16?,17-,21-/m1/s1. The molecule has 2 aliphatic heterocycles. The molecule has 144 valence electrons. The largest absolute Gasteiger partial charge is 0.508 e. The molecular formula is C21H20N2O5. The van der Waals surface area contributed by atoms with E-state index in [0.29, 0.717) is 11.3 Å². The van der Waals surface area contributed by atoms with Crippen LogP contribution in [0.3, 0.4) is 0 Å². The van der Waals surface area contributed by atoms with Crippen molar-refractivity contribution in [3.63, 3.8) is 0 Å². The number of anilines is 1. The Balaban J connectivity index is 1.82. The molecule has 2 amide bonds. The van der Waals surface area contributed by atoms with Gasteiger partial charge in [-0.3, -0.25) is 19.7 Å². The predicted molar refractivity (Wildman–Crippen MR) is 100 cm³/mol. The number of hydrogen-bond donors (Lipinski definition) is 2. The summed E-state index contributed by atoms with van der Waals surface area (Å²) in [6.45, 7) is 1.59. The van der Waals surface area contributed by atoms with E-state index in [1.807, 2.05) is 0 Å². The van der Waals surface area contributed by atoms with Gasteiger partial charge < -0.3 is 9.84 Å². The van der Waals surface area contributed by atoms with E-state index in [0.717, 1.165) is 4.90 Å². The van der Waals surface area contributed by atoms with Crippen LogP contribution in [0.5, 0.6) is 5.75 Å². The number of phenolic OH excluding ortho intramolecular Hbond substituents is 1. The lowest BCUT2D eigenvalue weighted by molar-refractivity contribution is -0.151. The van der Waals surface area contributed by atoms with E-state index >= 15 is 0 Å². The fourth-order valence-electron chi connectivity index (χ4n) is 4.34. The summed E-state index contributed by atoms with van der Waals surface area (Å²) in [6.07, 6.45) is 0. The molecule has 7 heteroatoms. The highest BCUT2D eigenvalue weighted by molar-refractivity contribution is 6.24. The molecule has 2 heterocycles. The maximum atomic E-state index is 13.3. The first-order valence-corrected chi connectivity index (χ1v) is 8.96. The molecule has 0 aromatic heterocycles. The Labute approximate surface area is 161 Å². The second-order valence-corrected chi connectivity index (χ2v) is 7.26. The number of benzene rings is 2. The van der Waals surface area contributed by atoms with Crippen LogP contribution in [0.4, 0.5) is 5.69 Å². The van der Waals surface area contributed by atoms with Gasteiger partial charge in [0.2, 0.25) is 11.8 Å². The first-order valence-electron chi connectivity index (χ1n) is 8.96. The van der Waals surface area contributed by atoms with Gasteiger partial charge in [-0.25, -0.2) is 4.90 Å². The topological polar surface area (TPSA) is 95.9 Å². The molecule has 2 fully saturated rings. The highest BCUT2D eigenvalue weighted by Crippen LogP contribution is 2.50. The number of esters is 1. The lowest BCUT2D eigenvalue weighted by Gasteiger charge is -2.28. The summed E-state index contributed by atoms with van der Waals surface area (Å²) in [4.78, 5) is 40.3. The van der Waals surface area contributed by atoms with Gasteiger partial charge in [0.25, 0.3) is 0 Å². The van der Waals surface area contributed by atoms with Crippen LogP contribution in [-0.2, 0) is 19.1 Å². The van der Waals surface area contributed by atoms with Crippen LogP contribution in [0.25, 0.3) is 0 Å². The highest BCUT2D eigenvalue weighted by atomic mass is 16.5. The number of amides is 2. The van der Waals surface area contributed by atoms with E-state index < -0.39 is 35.3 Å². The van der Waals surface area contributed by atoms with E-state index in [1.165, 1.54) is 19.2 Å². The first-order chi connectivity index (χ1) is 13.4. The minimum Gasteiger partial charge on any atom is -0.508 e. The molecule has 2 aliphatic rings. The molecular weight excluding hydrogens is 360 g/mol. The summed E-state index contributed by atoms with van der Waals surface area (Å²) in [6, 6.07) is 14.5. The summed E-state index contributed by atoms with van der Waals surface area (Å²) >= 11 is 0. The number of phenols is 1. The van der Waals surface area contributed by atoms with E-state index in [1.54, 1.807) is 49.4 Å². The third-order valence-electron chi connectivity index (χ3n) is 5.66. The number of methoxy groups -OCH3 is 1. The number of hydrogen-bond acceptors (Lipinski definition) is 6. The highest BCUT2D eigenvalue weighted by Gasteiger charge is 2.67. The van der Waals surface area contributed by atoms with Crippen molar-refractivity contribution in [1.29, 1.82) is 0 Å². The summed E-state index contributed by atoms with van der Waals surface area (Å²) in [5.74, 6) is -2.95. The molecule has 4 rings (SSSR count). The van der Waals surface area contributed by atoms with Crippen molar-refractivity contribution < 1.29 is 24.2 Å². The van der Waals surface area contributed by atoms with Gasteiger partial charge in [-0.2, -0.15) is 0 Å². The average molecular weight is 380 g/mol. The number of imide groups is 1. The molecule has 2 N–H and O–H groups in total. The smallest absolute Gasteiger partial charge is 0.326 e. The van der Waals surface area contributed by atoms with E-state index in [2.05, 4.69) is 5.32 Å². The SMILES string of the molecule is COC(=O)[C@]1(C)N[C@H](c2ccc(O)cc2)C2C(=O)N(c3ccccc3)C(=O)C21. The van der Waals surface area contributed by atoms with Crippen molar-refractivity contribution in [3.05, 3.63) is 60.2 Å². The minimum atomic E-state index is -1.35. The van der Waals surface area contributed by atoms with Gasteiger partial charge in [-0.1, -0.05) is 30.3 Å². The van der Waals surface area contributed by atoms with Gasteiger partial charge >= 0.3 is 5.97 Å². The van der Waals surface area contributed by atoms with Crippen LogP contribution in [-0.4, -0.2) is 35.5 Å². The Morgan fingerprint density at radius 3 is 2.32 bits per heavy atom. The normalized spacial score (nSPS) is 29.1. The number of nitrogens with one attached hydrogen (secondary N) is 1. The maximum Gasteiger partial charge on any atom is 0.326 e. The van der Waals surface area contributed by atoms with Crippen molar-refractivity contribution in [1.82, 2.24) is 5.32 Å². The molecule has 2 unspecified atom stereocenters. The molecule has 0 aliphatic carbocycles. The molecule has 2 aromatic rings. The number of para-hydroxylation sites is 1. The van der Waals surface area contributed by atoms with Crippen molar-refractivity contribution in [3.8, 4) is 5.75 Å². The van der Waals surface area contributed by atoms with E-state index in [4.69, 9.17) is 4.74 Å². The van der Waals surface area contributed by atoms with Crippen molar-refractivity contribution in [2.45, 2.75) is 18.5 Å². The zero-order valence-corrected chi connectivity index (χ0v) is 15.5. The Hall–Kier alpha value is -3.19. The fraction of sp³-hybridized carbons (Fsp3) is 0.286. The molecule has 0 radical (unpaired) electrons. The second kappa shape index (κ2) is 6.45. The molecule has 0 saturated carbocycles. The van der Waals surface area contributed by atoms with Gasteiger partial charge in [-0.05, 0) is 36.8 Å². The van der Waals surface area contributed by atoms with Crippen LogP contribution in [0, 0.1) is 11.8 Å². The number of ether oxygens (including phenoxy) is 1. The lowest BCUT2D eigenvalue weighted by atomic mass is 9.80. The van der Waals surface area contributed by atoms with Crippen molar-refractivity contribution in [2.24, 2.45) is 11.8 Å². The van der Waals surface area contributed by atoms with Crippen molar-refractivity contribution in [2.75, 3.05) is 12.0 Å². The Bertz CT molecular complexity index is 943. The molecule has 0 bridgehead atoms. The molecule has 2 aromatic carbocycles. The molecule has 28 heavy (non-hydrogen) atoms. The number of rotatable bonds is 3. The monoisotopic (exact) mass is 380 g/mol. The van der Waals surface area contributed by atoms with Gasteiger partial charge in [0.15, 0.2) is 0 Å². The Morgan fingerprint density at radius 2 is 1.71 bits per heavy atom. The van der Waals surface area contributed by atoms with Gasteiger partial charge in [0.05, 0.1) is 24.6 Å². The first kappa shape index (κ1) is 18.2. The van der Waals surface area contributed by atoms with Crippen LogP contribution in [0.1, 0.15) is 18.5 Å². The van der Waals surface area contributed by atoms with E-state index in [9.17, 15) is 19.5 Å². The Kier molecular flexibility index (Phi) is 4.19. The van der Waals surface area contributed by atoms with Crippen LogP contribution in [0.15, 0.2) is 54.6 Å². The van der Waals surface area contributed by atoms with Crippen LogP contribution < -0.4 is 10.2 Å². The number of fused-ring (bicyclic) bond motifs is 1. The van der Waals surface area contributed by atoms with Gasteiger partial charge in [0, 0.05) is 6.04 Å². The lowest BCUT2D eigenvalue weighted by Crippen LogP contribution is -2.54. The zero-order chi connectivity index (χ0) is 20.1. The number of carbonyl (C=O) groups is 3. The summed E-state index contributed by atoms with van der Waals surface area (Å²) in [5, 5.41) is 12.7. The minimum absolute atomic E-state index is 0.0914. The third-order valence-corrected chi connectivity index (χ3v) is 5.66. The quantitative estimate of drug-likeness (QED) is 0.622. The van der Waals surface area contributed by atoms with Gasteiger partial charge in [-0.15, -0.1) is 0 Å². The van der Waals surface area contributed by atoms with Gasteiger partial charge in [0.1, 0.15) is 11.3 Å². The van der Waals surface area contributed by atoms with Crippen LogP contribution >= 0.6 is 0 Å². The summed E-state index contributed by atoms with van der Waals surface area (Å²) in [7, 11) is 1.26. The Morgan fingerprint density at radius 1 is 1.07 bits per heavy atom. The third kappa shape index (κ3) is 2.51. The van der Waals surface area contributed by atoms with Crippen LogP contribution in [0.2, 0.25) is 0 Å². The number of carbonyl (C=O) groups excluding carboxylic acids is 3. The molecule has 2 saturated heterocycles. The zero-order valence-electron chi connectivity index (χ0n) is 15.5. The number of aromatic hydroxyl groups is 1. The maximum absolute atomic E-state index is 13.3. The van der Waals surface area contributed by atoms with E-state index in [-0.39, 0.29) is 11.7 Å². The fourth-order valence-corrected chi connectivity index (χ4v) is 4.34. The molecule has 7 nitrogen and oxygen atoms in total. The summed E-state index contributed by atoms with van der Waals surface area (Å²) in [5.41, 5.74) is -0.168. The summed E-state index contributed by atoms with van der Waals surface area (Å²) < 4.78 is 4.95. The average Bonchev–Trinajstić information content (AvgIpc) is 3.16. The predicted octanol–water partition coefficient (Wildman–Crippen LogP) is 1.77. The number of nitrogens with zero attached hydrogens (tertiary/aromatic N) is 1. The molecule has 0 spiro atoms. The molecule has 4 atom stereocenters. The van der Waals surface area contributed by atoms with Crippen molar-refractivity contribution >= 4 is 23.5 Å².